The Balaban J connectivity index is 4.56. The van der Waals surface area contributed by atoms with Crippen molar-refractivity contribution in [2.24, 2.45) is 0 Å². The zero-order valence-corrected chi connectivity index (χ0v) is 9.21. The molecule has 14 heavy (non-hydrogen) atoms. The maximum Gasteiger partial charge on any atom is 0.228 e. The molecule has 2 unspecified atom stereocenters. The van der Waals surface area contributed by atoms with Crippen LogP contribution in [0, 0.1) is 11.3 Å². The number of sulfonamides is 1. The van der Waals surface area contributed by atoms with Gasteiger partial charge in [-0.25, -0.2) is 13.1 Å². The van der Waals surface area contributed by atoms with Gasteiger partial charge in [0.25, 0.3) is 0 Å². The topological polar surface area (TPSA) is 90.2 Å². The van der Waals surface area contributed by atoms with Crippen LogP contribution in [0.1, 0.15) is 26.7 Å². The molecule has 0 radical (unpaired) electrons. The van der Waals surface area contributed by atoms with Crippen molar-refractivity contribution in [3.05, 3.63) is 0 Å². The number of hydrogen-bond acceptors (Lipinski definition) is 4. The minimum absolute atomic E-state index is 0.244. The lowest BCUT2D eigenvalue weighted by Crippen LogP contribution is -2.41. The molecule has 0 spiro atoms. The third-order valence-corrected chi connectivity index (χ3v) is 3.78. The second-order valence-corrected chi connectivity index (χ2v) is 4.87. The van der Waals surface area contributed by atoms with E-state index in [1.54, 1.807) is 19.9 Å². The maximum atomic E-state index is 11.5. The molecule has 6 heteroatoms. The fourth-order valence-electron chi connectivity index (χ4n) is 0.944. The minimum Gasteiger partial charge on any atom is -0.395 e. The Morgan fingerprint density at radius 2 is 2.00 bits per heavy atom. The molecule has 0 saturated carbocycles. The van der Waals surface area contributed by atoms with E-state index in [2.05, 4.69) is 4.72 Å². The van der Waals surface area contributed by atoms with Crippen LogP contribution in [0.3, 0.4) is 0 Å². The minimum atomic E-state index is -3.62. The first-order valence-electron chi connectivity index (χ1n) is 4.53. The monoisotopic (exact) mass is 220 g/mol. The van der Waals surface area contributed by atoms with Crippen LogP contribution in [-0.2, 0) is 10.0 Å². The first-order valence-corrected chi connectivity index (χ1v) is 6.08. The van der Waals surface area contributed by atoms with Gasteiger partial charge in [0.05, 0.1) is 12.7 Å². The molecule has 82 valence electrons. The van der Waals surface area contributed by atoms with Gasteiger partial charge >= 0.3 is 0 Å². The molecule has 2 N–H and O–H groups in total. The van der Waals surface area contributed by atoms with Gasteiger partial charge in [-0.1, -0.05) is 13.8 Å². The molecule has 0 aromatic carbocycles. The largest absolute Gasteiger partial charge is 0.395 e. The summed E-state index contributed by atoms with van der Waals surface area (Å²) in [6, 6.07) is 1.22. The molecule has 0 amide bonds. The van der Waals surface area contributed by atoms with E-state index in [1.165, 1.54) is 0 Å². The Kier molecular flexibility index (Phi) is 5.69. The van der Waals surface area contributed by atoms with Crippen LogP contribution in [0.15, 0.2) is 0 Å². The molecule has 0 aromatic rings. The van der Waals surface area contributed by atoms with Gasteiger partial charge in [0.15, 0.2) is 5.25 Å². The van der Waals surface area contributed by atoms with Crippen LogP contribution in [0.25, 0.3) is 0 Å². The summed E-state index contributed by atoms with van der Waals surface area (Å²) in [7, 11) is -3.62. The third kappa shape index (κ3) is 3.62. The SMILES string of the molecule is CCC(CO)NS(=O)(=O)C(C#N)CC. The zero-order valence-electron chi connectivity index (χ0n) is 8.40. The molecule has 0 fully saturated rings. The molecular formula is C8H16N2O3S. The highest BCUT2D eigenvalue weighted by atomic mass is 32.2. The van der Waals surface area contributed by atoms with Gasteiger partial charge in [-0.05, 0) is 12.8 Å². The van der Waals surface area contributed by atoms with Gasteiger partial charge in [-0.2, -0.15) is 5.26 Å². The molecule has 0 saturated heterocycles. The highest BCUT2D eigenvalue weighted by Crippen LogP contribution is 2.04. The van der Waals surface area contributed by atoms with Crippen molar-refractivity contribution >= 4 is 10.0 Å². The predicted octanol–water partition coefficient (Wildman–Crippen LogP) is -0.0211. The standard InChI is InChI=1S/C8H16N2O3S/c1-3-7(6-11)10-14(12,13)8(4-2)5-9/h7-8,10-11H,3-4,6H2,1-2H3. The quantitative estimate of drug-likeness (QED) is 0.658. The van der Waals surface area contributed by atoms with Crippen molar-refractivity contribution < 1.29 is 13.5 Å². The normalized spacial score (nSPS) is 15.9. The van der Waals surface area contributed by atoms with E-state index in [0.717, 1.165) is 0 Å². The molecule has 0 rings (SSSR count). The van der Waals surface area contributed by atoms with Crippen molar-refractivity contribution in [1.82, 2.24) is 4.72 Å². The van der Waals surface area contributed by atoms with E-state index in [9.17, 15) is 8.42 Å². The average molecular weight is 220 g/mol. The number of nitrogens with one attached hydrogen (secondary N) is 1. The predicted molar refractivity (Wildman–Crippen MR) is 52.9 cm³/mol. The van der Waals surface area contributed by atoms with Crippen molar-refractivity contribution in [3.63, 3.8) is 0 Å². The van der Waals surface area contributed by atoms with E-state index >= 15 is 0 Å². The fourth-order valence-corrected chi connectivity index (χ4v) is 2.39. The van der Waals surface area contributed by atoms with Crippen LogP contribution < -0.4 is 4.72 Å². The summed E-state index contributed by atoms with van der Waals surface area (Å²) >= 11 is 0. The summed E-state index contributed by atoms with van der Waals surface area (Å²) in [6.45, 7) is 3.14. The lowest BCUT2D eigenvalue weighted by molar-refractivity contribution is 0.253. The molecule has 2 atom stereocenters. The van der Waals surface area contributed by atoms with Gasteiger partial charge in [0.1, 0.15) is 0 Å². The number of hydrogen-bond donors (Lipinski definition) is 2. The van der Waals surface area contributed by atoms with E-state index < -0.39 is 21.3 Å². The van der Waals surface area contributed by atoms with Crippen LogP contribution in [0.4, 0.5) is 0 Å². The third-order valence-electron chi connectivity index (χ3n) is 1.93. The Morgan fingerprint density at radius 3 is 2.29 bits per heavy atom. The molecule has 0 aromatic heterocycles. The van der Waals surface area contributed by atoms with Crippen molar-refractivity contribution in [1.29, 1.82) is 5.26 Å². The molecule has 0 aliphatic heterocycles. The molecule has 0 bridgehead atoms. The van der Waals surface area contributed by atoms with E-state index in [0.29, 0.717) is 6.42 Å². The molecule has 0 heterocycles. The number of nitrogens with zero attached hydrogens (tertiary/aromatic N) is 1. The highest BCUT2D eigenvalue weighted by Gasteiger charge is 2.25. The lowest BCUT2D eigenvalue weighted by Gasteiger charge is -2.16. The Bertz CT molecular complexity index is 290. The van der Waals surface area contributed by atoms with Gasteiger partial charge < -0.3 is 5.11 Å². The van der Waals surface area contributed by atoms with Crippen LogP contribution in [-0.4, -0.2) is 31.4 Å². The van der Waals surface area contributed by atoms with E-state index in [4.69, 9.17) is 10.4 Å². The number of nitriles is 1. The number of aliphatic hydroxyl groups is 1. The van der Waals surface area contributed by atoms with Crippen molar-refractivity contribution in [2.45, 2.75) is 38.0 Å². The first kappa shape index (κ1) is 13.4. The first-order chi connectivity index (χ1) is 6.51. The van der Waals surface area contributed by atoms with Gasteiger partial charge in [0, 0.05) is 6.04 Å². The molecular weight excluding hydrogens is 204 g/mol. The van der Waals surface area contributed by atoms with E-state index in [1.807, 2.05) is 0 Å². The number of aliphatic hydroxyl groups excluding tert-OH is 1. The Morgan fingerprint density at radius 1 is 1.43 bits per heavy atom. The second kappa shape index (κ2) is 5.96. The fraction of sp³-hybridized carbons (Fsp3) is 0.875. The lowest BCUT2D eigenvalue weighted by atomic mass is 10.3. The summed E-state index contributed by atoms with van der Waals surface area (Å²) in [5.41, 5.74) is 0. The van der Waals surface area contributed by atoms with Gasteiger partial charge in [0.2, 0.25) is 10.0 Å². The van der Waals surface area contributed by atoms with Crippen LogP contribution in [0.2, 0.25) is 0 Å². The average Bonchev–Trinajstić information content (AvgIpc) is 2.15. The summed E-state index contributed by atoms with van der Waals surface area (Å²) in [6.07, 6.45) is 0.741. The van der Waals surface area contributed by atoms with Crippen molar-refractivity contribution in [2.75, 3.05) is 6.61 Å². The van der Waals surface area contributed by atoms with Crippen molar-refractivity contribution in [3.8, 4) is 6.07 Å². The van der Waals surface area contributed by atoms with Crippen LogP contribution >= 0.6 is 0 Å². The number of rotatable bonds is 6. The maximum absolute atomic E-state index is 11.5. The molecule has 0 aliphatic carbocycles. The Hall–Kier alpha value is -0.640. The van der Waals surface area contributed by atoms with Gasteiger partial charge in [-0.3, -0.25) is 0 Å². The summed E-state index contributed by atoms with van der Waals surface area (Å²) < 4.78 is 25.2. The van der Waals surface area contributed by atoms with E-state index in [-0.39, 0.29) is 13.0 Å². The zero-order chi connectivity index (χ0) is 11.2. The summed E-state index contributed by atoms with van der Waals surface area (Å²) in [5.74, 6) is 0. The highest BCUT2D eigenvalue weighted by molar-refractivity contribution is 7.90. The smallest absolute Gasteiger partial charge is 0.228 e. The van der Waals surface area contributed by atoms with Crippen LogP contribution in [0.5, 0.6) is 0 Å². The van der Waals surface area contributed by atoms with Gasteiger partial charge in [-0.15, -0.1) is 0 Å². The molecule has 0 aliphatic rings. The molecule has 5 nitrogen and oxygen atoms in total. The second-order valence-electron chi connectivity index (χ2n) is 2.98. The summed E-state index contributed by atoms with van der Waals surface area (Å²) in [5, 5.41) is 16.4. The Labute approximate surface area is 84.8 Å². The summed E-state index contributed by atoms with van der Waals surface area (Å²) in [4.78, 5) is 0.